The maximum atomic E-state index is 13.2. The van der Waals surface area contributed by atoms with E-state index in [1.807, 2.05) is 38.1 Å². The van der Waals surface area contributed by atoms with E-state index in [1.54, 1.807) is 28.8 Å². The average molecular weight is 437 g/mol. The zero-order valence-electron chi connectivity index (χ0n) is 16.7. The molecule has 0 saturated heterocycles. The Hall–Kier alpha value is -2.05. The first kappa shape index (κ1) is 23.2. The number of nitrogens with zero attached hydrogens (tertiary/aromatic N) is 1. The Bertz CT molecular complexity index is 799. The lowest BCUT2D eigenvalue weighted by atomic mass is 10.1. The summed E-state index contributed by atoms with van der Waals surface area (Å²) >= 11 is 7.46. The summed E-state index contributed by atoms with van der Waals surface area (Å²) in [6, 6.07) is 12.9. The number of likely N-dealkylation sites (N-methyl/N-ethyl adjacent to an activating group) is 1. The molecule has 0 saturated carbocycles. The van der Waals surface area contributed by atoms with Crippen LogP contribution in [0, 0.1) is 5.82 Å². The number of hydrogen-bond acceptors (Lipinski definition) is 3. The molecule has 0 aliphatic heterocycles. The Labute approximate surface area is 180 Å². The van der Waals surface area contributed by atoms with Crippen molar-refractivity contribution in [3.63, 3.8) is 0 Å². The molecule has 7 heteroatoms. The third kappa shape index (κ3) is 7.37. The van der Waals surface area contributed by atoms with Gasteiger partial charge in [0, 0.05) is 35.2 Å². The van der Waals surface area contributed by atoms with Crippen LogP contribution in [0.5, 0.6) is 0 Å². The van der Waals surface area contributed by atoms with Gasteiger partial charge in [-0.05, 0) is 55.3 Å². The van der Waals surface area contributed by atoms with E-state index in [2.05, 4.69) is 5.32 Å². The van der Waals surface area contributed by atoms with Crippen molar-refractivity contribution in [2.75, 3.05) is 12.3 Å². The maximum absolute atomic E-state index is 13.2. The quantitative estimate of drug-likeness (QED) is 0.538. The SMILES string of the molecule is CCNC(=O)[C@H](CC)N(Cc1ccc(F)cc1)C(=O)CCSc1ccc(Cl)cc1. The van der Waals surface area contributed by atoms with Crippen LogP contribution in [0.15, 0.2) is 53.4 Å². The lowest BCUT2D eigenvalue weighted by Gasteiger charge is -2.30. The number of rotatable bonds is 10. The molecule has 29 heavy (non-hydrogen) atoms. The van der Waals surface area contributed by atoms with E-state index in [9.17, 15) is 14.0 Å². The molecule has 2 rings (SSSR count). The van der Waals surface area contributed by atoms with Crippen LogP contribution in [-0.2, 0) is 16.1 Å². The third-order valence-corrected chi connectivity index (χ3v) is 5.67. The summed E-state index contributed by atoms with van der Waals surface area (Å²) < 4.78 is 13.2. The van der Waals surface area contributed by atoms with Gasteiger partial charge in [0.05, 0.1) is 0 Å². The second-order valence-corrected chi connectivity index (χ2v) is 8.12. The molecule has 156 valence electrons. The molecule has 2 amide bonds. The molecule has 0 aromatic heterocycles. The summed E-state index contributed by atoms with van der Waals surface area (Å²) in [6.07, 6.45) is 0.799. The zero-order valence-corrected chi connectivity index (χ0v) is 18.2. The van der Waals surface area contributed by atoms with Crippen molar-refractivity contribution in [2.24, 2.45) is 0 Å². The predicted octanol–water partition coefficient (Wildman–Crippen LogP) is 4.90. The minimum Gasteiger partial charge on any atom is -0.355 e. The van der Waals surface area contributed by atoms with Crippen LogP contribution in [0.4, 0.5) is 4.39 Å². The predicted molar refractivity (Wildman–Crippen MR) is 117 cm³/mol. The number of nitrogens with one attached hydrogen (secondary N) is 1. The highest BCUT2D eigenvalue weighted by atomic mass is 35.5. The van der Waals surface area contributed by atoms with E-state index in [0.717, 1.165) is 10.5 Å². The van der Waals surface area contributed by atoms with Crippen LogP contribution in [0.2, 0.25) is 5.02 Å². The largest absolute Gasteiger partial charge is 0.355 e. The lowest BCUT2D eigenvalue weighted by molar-refractivity contribution is -0.141. The number of thioether (sulfide) groups is 1. The van der Waals surface area contributed by atoms with Gasteiger partial charge in [0.15, 0.2) is 0 Å². The van der Waals surface area contributed by atoms with Gasteiger partial charge in [0.1, 0.15) is 11.9 Å². The molecule has 1 N–H and O–H groups in total. The Morgan fingerprint density at radius 1 is 1.10 bits per heavy atom. The number of carbonyl (C=O) groups is 2. The molecule has 2 aromatic carbocycles. The van der Waals surface area contributed by atoms with Crippen molar-refractivity contribution in [3.05, 3.63) is 64.9 Å². The van der Waals surface area contributed by atoms with Crippen molar-refractivity contribution in [2.45, 2.75) is 44.2 Å². The molecule has 0 radical (unpaired) electrons. The van der Waals surface area contributed by atoms with Crippen molar-refractivity contribution < 1.29 is 14.0 Å². The second kappa shape index (κ2) is 11.8. The summed E-state index contributed by atoms with van der Waals surface area (Å²) in [4.78, 5) is 28.1. The molecular formula is C22H26ClFN2O2S. The van der Waals surface area contributed by atoms with Crippen molar-refractivity contribution >= 4 is 35.2 Å². The van der Waals surface area contributed by atoms with Gasteiger partial charge in [0.25, 0.3) is 0 Å². The highest BCUT2D eigenvalue weighted by Gasteiger charge is 2.28. The number of benzene rings is 2. The van der Waals surface area contributed by atoms with E-state index in [-0.39, 0.29) is 24.2 Å². The first-order chi connectivity index (χ1) is 13.9. The number of carbonyl (C=O) groups excluding carboxylic acids is 2. The molecule has 0 unspecified atom stereocenters. The van der Waals surface area contributed by atoms with Crippen LogP contribution >= 0.6 is 23.4 Å². The Morgan fingerprint density at radius 2 is 1.76 bits per heavy atom. The molecular weight excluding hydrogens is 411 g/mol. The van der Waals surface area contributed by atoms with Crippen molar-refractivity contribution in [1.82, 2.24) is 10.2 Å². The normalized spacial score (nSPS) is 11.7. The van der Waals surface area contributed by atoms with Crippen LogP contribution in [0.25, 0.3) is 0 Å². The summed E-state index contributed by atoms with van der Waals surface area (Å²) in [5.41, 5.74) is 0.785. The van der Waals surface area contributed by atoms with Crippen molar-refractivity contribution in [1.29, 1.82) is 0 Å². The van der Waals surface area contributed by atoms with E-state index < -0.39 is 6.04 Å². The summed E-state index contributed by atoms with van der Waals surface area (Å²) in [5, 5.41) is 3.47. The van der Waals surface area contributed by atoms with E-state index >= 15 is 0 Å². The Kier molecular flexibility index (Phi) is 9.48. The fraction of sp³-hybridized carbons (Fsp3) is 0.364. The van der Waals surface area contributed by atoms with Gasteiger partial charge in [-0.3, -0.25) is 9.59 Å². The van der Waals surface area contributed by atoms with Gasteiger partial charge < -0.3 is 10.2 Å². The number of amides is 2. The summed E-state index contributed by atoms with van der Waals surface area (Å²) in [5.74, 6) is -0.0156. The highest BCUT2D eigenvalue weighted by Crippen LogP contribution is 2.22. The Balaban J connectivity index is 2.08. The smallest absolute Gasteiger partial charge is 0.242 e. The summed E-state index contributed by atoms with van der Waals surface area (Å²) in [7, 11) is 0. The standard InChI is InChI=1S/C22H26ClFN2O2S/c1-3-20(22(28)25-4-2)26(15-16-5-9-18(24)10-6-16)21(27)13-14-29-19-11-7-17(23)8-12-19/h5-12,20H,3-4,13-15H2,1-2H3,(H,25,28)/t20-/m0/s1. The molecule has 0 aliphatic rings. The Morgan fingerprint density at radius 3 is 2.34 bits per heavy atom. The topological polar surface area (TPSA) is 49.4 Å². The van der Waals surface area contributed by atoms with E-state index in [0.29, 0.717) is 30.2 Å². The fourth-order valence-corrected chi connectivity index (χ4v) is 3.90. The number of halogens is 2. The molecule has 0 bridgehead atoms. The number of hydrogen-bond donors (Lipinski definition) is 1. The molecule has 0 fully saturated rings. The maximum Gasteiger partial charge on any atom is 0.242 e. The first-order valence-corrected chi connectivity index (χ1v) is 11.0. The third-order valence-electron chi connectivity index (χ3n) is 4.40. The zero-order chi connectivity index (χ0) is 21.2. The monoisotopic (exact) mass is 436 g/mol. The van der Waals surface area contributed by atoms with E-state index in [1.165, 1.54) is 12.1 Å². The molecule has 4 nitrogen and oxygen atoms in total. The molecule has 0 aliphatic carbocycles. The van der Waals surface area contributed by atoms with Gasteiger partial charge in [-0.2, -0.15) is 0 Å². The van der Waals surface area contributed by atoms with Gasteiger partial charge in [0.2, 0.25) is 11.8 Å². The van der Waals surface area contributed by atoms with Gasteiger partial charge >= 0.3 is 0 Å². The van der Waals surface area contributed by atoms with Crippen LogP contribution in [0.3, 0.4) is 0 Å². The fourth-order valence-electron chi connectivity index (χ4n) is 2.93. The van der Waals surface area contributed by atoms with Crippen LogP contribution in [0.1, 0.15) is 32.3 Å². The average Bonchev–Trinajstić information content (AvgIpc) is 2.71. The molecule has 1 atom stereocenters. The molecule has 0 heterocycles. The summed E-state index contributed by atoms with van der Waals surface area (Å²) in [6.45, 7) is 4.49. The van der Waals surface area contributed by atoms with Gasteiger partial charge in [-0.15, -0.1) is 11.8 Å². The van der Waals surface area contributed by atoms with Gasteiger partial charge in [-0.25, -0.2) is 4.39 Å². The highest BCUT2D eigenvalue weighted by molar-refractivity contribution is 7.99. The minimum atomic E-state index is -0.562. The minimum absolute atomic E-state index is 0.103. The van der Waals surface area contributed by atoms with Crippen molar-refractivity contribution in [3.8, 4) is 0 Å². The lowest BCUT2D eigenvalue weighted by Crippen LogP contribution is -2.49. The molecule has 0 spiro atoms. The van der Waals surface area contributed by atoms with Gasteiger partial charge in [-0.1, -0.05) is 30.7 Å². The van der Waals surface area contributed by atoms with Crippen LogP contribution < -0.4 is 5.32 Å². The second-order valence-electron chi connectivity index (χ2n) is 6.52. The molecule has 2 aromatic rings. The van der Waals surface area contributed by atoms with Crippen LogP contribution in [-0.4, -0.2) is 35.1 Å². The van der Waals surface area contributed by atoms with E-state index in [4.69, 9.17) is 11.6 Å². The first-order valence-electron chi connectivity index (χ1n) is 9.64.